The third kappa shape index (κ3) is 4.01. The molecule has 0 aromatic carbocycles. The molecule has 0 spiro atoms. The van der Waals surface area contributed by atoms with Gasteiger partial charge < -0.3 is 10.6 Å². The van der Waals surface area contributed by atoms with Crippen molar-refractivity contribution >= 4 is 28.3 Å². The van der Waals surface area contributed by atoms with Gasteiger partial charge in [-0.1, -0.05) is 0 Å². The van der Waals surface area contributed by atoms with E-state index in [0.717, 1.165) is 4.90 Å². The van der Waals surface area contributed by atoms with Crippen molar-refractivity contribution in [2.24, 2.45) is 0 Å². The first-order chi connectivity index (χ1) is 12.2. The van der Waals surface area contributed by atoms with E-state index >= 15 is 0 Å². The molecule has 1 aromatic rings. The quantitative estimate of drug-likeness (QED) is 0.265. The van der Waals surface area contributed by atoms with Gasteiger partial charge in [0.25, 0.3) is 5.91 Å². The van der Waals surface area contributed by atoms with Crippen molar-refractivity contribution in [3.05, 3.63) is 6.33 Å². The molecule has 2 fully saturated rings. The number of fused-ring (bicyclic) bond motifs is 2. The van der Waals surface area contributed by atoms with Gasteiger partial charge in [-0.25, -0.2) is 19.9 Å². The van der Waals surface area contributed by atoms with E-state index in [2.05, 4.69) is 19.8 Å². The molecule has 26 heavy (non-hydrogen) atoms. The molecule has 3 amide bonds. The fraction of sp³-hybridized carbons (Fsp3) is 0.636. The molecule has 0 saturated carbocycles. The summed E-state index contributed by atoms with van der Waals surface area (Å²) in [5.41, 5.74) is 7.61. The monoisotopic (exact) mass is 391 g/mol. The molecule has 1 aromatic heterocycles. The van der Waals surface area contributed by atoms with Gasteiger partial charge in [-0.05, 0) is 12.8 Å². The molecule has 3 rings (SSSR count). The first-order valence-electron chi connectivity index (χ1n) is 7.58. The first-order valence-corrected chi connectivity index (χ1v) is 8.94. The number of anilines is 1. The van der Waals surface area contributed by atoms with Gasteiger partial charge >= 0.3 is 16.4 Å². The Morgan fingerprint density at radius 3 is 2.88 bits per heavy atom. The van der Waals surface area contributed by atoms with Crippen molar-refractivity contribution in [1.29, 1.82) is 0 Å². The number of nitrogens with one attached hydrogen (secondary N) is 1. The minimum atomic E-state index is -4.83. The highest BCUT2D eigenvalue weighted by Gasteiger charge is 2.49. The van der Waals surface area contributed by atoms with Crippen LogP contribution in [0.3, 0.4) is 0 Å². The van der Waals surface area contributed by atoms with Crippen molar-refractivity contribution in [3.8, 4) is 0 Å². The highest BCUT2D eigenvalue weighted by molar-refractivity contribution is 7.80. The van der Waals surface area contributed by atoms with Crippen LogP contribution in [0, 0.1) is 0 Å². The van der Waals surface area contributed by atoms with Gasteiger partial charge in [0.15, 0.2) is 0 Å². The molecule has 0 aliphatic carbocycles. The first kappa shape index (κ1) is 18.3. The number of hydrogen-bond donors (Lipinski definition) is 3. The number of nitrogen functional groups attached to an aromatic ring is 1. The van der Waals surface area contributed by atoms with Crippen LogP contribution in [-0.2, 0) is 30.9 Å². The Kier molecular flexibility index (Phi) is 4.94. The summed E-state index contributed by atoms with van der Waals surface area (Å²) in [5, 5.41) is 4.41. The van der Waals surface area contributed by atoms with Gasteiger partial charge in [-0.2, -0.15) is 13.5 Å². The number of carbonyl (C=O) groups is 2. The van der Waals surface area contributed by atoms with Crippen LogP contribution >= 0.6 is 0 Å². The fourth-order valence-corrected chi connectivity index (χ4v) is 3.24. The lowest BCUT2D eigenvalue weighted by Gasteiger charge is -2.28. The number of hydrogen-bond acceptors (Lipinski definition) is 9. The van der Waals surface area contributed by atoms with Crippen LogP contribution in [0.4, 0.5) is 10.7 Å². The molecular formula is C11H17N7O7S. The Morgan fingerprint density at radius 1 is 1.46 bits per heavy atom. The number of nitrogens with zero attached hydrogens (tertiary/aromatic N) is 5. The lowest BCUT2D eigenvalue weighted by molar-refractivity contribution is -0.139. The van der Waals surface area contributed by atoms with Crippen molar-refractivity contribution < 1.29 is 31.7 Å². The number of hydroxylamine groups is 3. The molecule has 2 aliphatic heterocycles. The highest BCUT2D eigenvalue weighted by Crippen LogP contribution is 2.30. The maximum absolute atomic E-state index is 12.2. The van der Waals surface area contributed by atoms with E-state index in [9.17, 15) is 18.0 Å². The van der Waals surface area contributed by atoms with E-state index in [1.165, 1.54) is 11.0 Å². The largest absolute Gasteiger partial charge is 0.418 e. The van der Waals surface area contributed by atoms with Crippen molar-refractivity contribution in [1.82, 2.24) is 30.2 Å². The lowest BCUT2D eigenvalue weighted by atomic mass is 10.0. The average Bonchev–Trinajstić information content (AvgIpc) is 3.08. The van der Waals surface area contributed by atoms with Crippen LogP contribution in [0.15, 0.2) is 6.33 Å². The molecule has 2 atom stereocenters. The third-order valence-corrected chi connectivity index (χ3v) is 4.30. The van der Waals surface area contributed by atoms with Crippen LogP contribution in [0.2, 0.25) is 0 Å². The van der Waals surface area contributed by atoms with Crippen molar-refractivity contribution in [2.45, 2.75) is 31.5 Å². The minimum absolute atomic E-state index is 0.0931. The zero-order valence-electron chi connectivity index (χ0n) is 13.4. The Bertz CT molecular complexity index is 797. The predicted octanol–water partition coefficient (Wildman–Crippen LogP) is -2.09. The van der Waals surface area contributed by atoms with E-state index in [1.54, 1.807) is 0 Å². The lowest BCUT2D eigenvalue weighted by Crippen LogP contribution is -2.49. The smallest absolute Gasteiger partial charge is 0.367 e. The number of carbonyl (C=O) groups excluding carboxylic acids is 2. The Morgan fingerprint density at radius 2 is 2.23 bits per heavy atom. The van der Waals surface area contributed by atoms with E-state index in [0.29, 0.717) is 18.0 Å². The fourth-order valence-electron chi connectivity index (χ4n) is 2.85. The minimum Gasteiger partial charge on any atom is -0.367 e. The molecule has 144 valence electrons. The van der Waals surface area contributed by atoms with E-state index in [1.807, 2.05) is 0 Å². The van der Waals surface area contributed by atoms with E-state index < -0.39 is 34.4 Å². The van der Waals surface area contributed by atoms with Crippen LogP contribution < -0.4 is 11.2 Å². The highest BCUT2D eigenvalue weighted by atomic mass is 32.3. The number of aromatic nitrogens is 3. The maximum Gasteiger partial charge on any atom is 0.418 e. The topological polar surface area (TPSA) is 182 Å². The maximum atomic E-state index is 12.2. The van der Waals surface area contributed by atoms with Crippen molar-refractivity contribution in [2.75, 3.05) is 18.9 Å². The van der Waals surface area contributed by atoms with Gasteiger partial charge in [0.05, 0.1) is 19.2 Å². The van der Waals surface area contributed by atoms with Gasteiger partial charge in [-0.3, -0.25) is 14.2 Å². The summed E-state index contributed by atoms with van der Waals surface area (Å²) < 4.78 is 36.1. The number of urea groups is 1. The zero-order valence-corrected chi connectivity index (χ0v) is 14.2. The summed E-state index contributed by atoms with van der Waals surface area (Å²) in [6.07, 6.45) is 2.03. The second-order valence-electron chi connectivity index (χ2n) is 5.69. The summed E-state index contributed by atoms with van der Waals surface area (Å²) >= 11 is 0. The molecular weight excluding hydrogens is 374 g/mol. The molecule has 0 unspecified atom stereocenters. The Hall–Kier alpha value is -2.49. The summed E-state index contributed by atoms with van der Waals surface area (Å²) in [4.78, 5) is 34.4. The van der Waals surface area contributed by atoms with Gasteiger partial charge in [0, 0.05) is 6.54 Å². The van der Waals surface area contributed by atoms with E-state index in [-0.39, 0.29) is 25.5 Å². The van der Waals surface area contributed by atoms with E-state index in [4.69, 9.17) is 15.1 Å². The molecule has 14 nitrogen and oxygen atoms in total. The van der Waals surface area contributed by atoms with Crippen LogP contribution in [0.25, 0.3) is 0 Å². The van der Waals surface area contributed by atoms with Gasteiger partial charge in [0.2, 0.25) is 5.95 Å². The summed E-state index contributed by atoms with van der Waals surface area (Å²) in [7, 11) is -4.83. The normalized spacial score (nSPS) is 22.7. The standard InChI is InChI=1S/C11H17N7O7S/c12-10-13-6-16(14-10)3-4-24-15-9(19)8-2-1-7-5-17(8)11(20)18(7)25-26(21,22)23/h6-8H,1-5H2,(H2,12,14)(H,15,19)(H,21,22,23)/t7-,8+/m1/s1. The molecule has 2 saturated heterocycles. The zero-order chi connectivity index (χ0) is 18.9. The molecule has 2 aliphatic rings. The second-order valence-corrected chi connectivity index (χ2v) is 6.70. The molecule has 4 N–H and O–H groups in total. The molecule has 15 heteroatoms. The Balaban J connectivity index is 1.50. The number of nitrogens with two attached hydrogens (primary N) is 1. The molecule has 0 radical (unpaired) electrons. The summed E-state index contributed by atoms with van der Waals surface area (Å²) in [5.74, 6) is -0.432. The van der Waals surface area contributed by atoms with Crippen LogP contribution in [0.1, 0.15) is 12.8 Å². The third-order valence-electron chi connectivity index (χ3n) is 3.95. The van der Waals surface area contributed by atoms with Gasteiger partial charge in [-0.15, -0.1) is 9.38 Å². The number of rotatable bonds is 7. The van der Waals surface area contributed by atoms with Crippen molar-refractivity contribution in [3.63, 3.8) is 0 Å². The molecule has 2 bridgehead atoms. The predicted molar refractivity (Wildman–Crippen MR) is 81.9 cm³/mol. The summed E-state index contributed by atoms with van der Waals surface area (Å²) in [6.45, 7) is 0.496. The average molecular weight is 391 g/mol. The Labute approximate surface area is 147 Å². The summed E-state index contributed by atoms with van der Waals surface area (Å²) in [6, 6.07) is -2.22. The number of amides is 3. The molecule has 3 heterocycles. The second kappa shape index (κ2) is 7.02. The SMILES string of the molecule is Nc1ncn(CCONC(=O)[C@@H]2CC[C@@H]3CN2C(=O)N3OS(=O)(=O)O)n1. The number of piperidine rings is 1. The van der Waals surface area contributed by atoms with Gasteiger partial charge in [0.1, 0.15) is 12.4 Å². The van der Waals surface area contributed by atoms with Crippen LogP contribution in [0.5, 0.6) is 0 Å². The van der Waals surface area contributed by atoms with Crippen LogP contribution in [-0.4, -0.2) is 74.9 Å².